The molecule has 1 aromatic rings. The zero-order valence-corrected chi connectivity index (χ0v) is 21.1. The fraction of sp³-hybridized carbons (Fsp3) is 0.733. The van der Waals surface area contributed by atoms with Gasteiger partial charge in [0.05, 0.1) is 13.2 Å². The summed E-state index contributed by atoms with van der Waals surface area (Å²) >= 11 is 0. The molecule has 1 aromatic carbocycles. The van der Waals surface area contributed by atoms with Crippen LogP contribution >= 0.6 is 0 Å². The summed E-state index contributed by atoms with van der Waals surface area (Å²) in [5, 5.41) is 0. The van der Waals surface area contributed by atoms with Crippen molar-refractivity contribution in [2.45, 2.75) is 90.9 Å². The number of ether oxygens (including phenoxy) is 2. The van der Waals surface area contributed by atoms with E-state index in [9.17, 15) is 8.78 Å². The first kappa shape index (κ1) is 25.3. The molecule has 4 unspecified atom stereocenters. The molecule has 0 spiro atoms. The Labute approximate surface area is 205 Å². The van der Waals surface area contributed by atoms with Crippen LogP contribution in [0.1, 0.15) is 90.9 Å². The van der Waals surface area contributed by atoms with Gasteiger partial charge in [-0.15, -0.1) is 0 Å². The van der Waals surface area contributed by atoms with Gasteiger partial charge < -0.3 is 9.47 Å². The first-order valence-electron chi connectivity index (χ1n) is 13.8. The maximum absolute atomic E-state index is 14.3. The third-order valence-corrected chi connectivity index (χ3v) is 8.54. The molecule has 3 saturated carbocycles. The second-order valence-electron chi connectivity index (χ2n) is 10.9. The molecule has 4 heteroatoms. The Kier molecular flexibility index (Phi) is 9.15. The Morgan fingerprint density at radius 2 is 1.32 bits per heavy atom. The fourth-order valence-electron chi connectivity index (χ4n) is 6.61. The standard InChI is InChI=1S/C30H42F2O2/c1-3-5-21-6-8-22(9-7-21)10-11-23-12-14-26-19-24(13-15-25(26)18-23)20-34-28-17-16-27(33-4-2)29(31)30(28)32/h16-17,21-26H,3-9,12-15,18-20H2,1-2H3. The highest BCUT2D eigenvalue weighted by atomic mass is 19.2. The molecule has 0 saturated heterocycles. The highest BCUT2D eigenvalue weighted by Gasteiger charge is 2.35. The zero-order valence-electron chi connectivity index (χ0n) is 21.1. The normalized spacial score (nSPS) is 31.2. The quantitative estimate of drug-likeness (QED) is 0.373. The SMILES string of the molecule is CCCC1CCC(C#CC2CCC3CC(COc4ccc(OCC)c(F)c4F)CCC3C2)CC1. The Hall–Kier alpha value is -1.76. The summed E-state index contributed by atoms with van der Waals surface area (Å²) in [6, 6.07) is 2.93. The molecule has 2 nitrogen and oxygen atoms in total. The van der Waals surface area contributed by atoms with E-state index in [1.165, 1.54) is 76.3 Å². The highest BCUT2D eigenvalue weighted by molar-refractivity contribution is 5.35. The van der Waals surface area contributed by atoms with Crippen LogP contribution in [0.15, 0.2) is 12.1 Å². The number of benzene rings is 1. The molecule has 0 bridgehead atoms. The number of fused-ring (bicyclic) bond motifs is 1. The smallest absolute Gasteiger partial charge is 0.204 e. The molecule has 34 heavy (non-hydrogen) atoms. The van der Waals surface area contributed by atoms with E-state index in [1.807, 2.05) is 0 Å². The van der Waals surface area contributed by atoms with Gasteiger partial charge in [0.1, 0.15) is 0 Å². The lowest BCUT2D eigenvalue weighted by Gasteiger charge is -2.41. The number of halogens is 2. The largest absolute Gasteiger partial charge is 0.491 e. The van der Waals surface area contributed by atoms with E-state index in [0.29, 0.717) is 31.0 Å². The van der Waals surface area contributed by atoms with Crippen molar-refractivity contribution in [1.82, 2.24) is 0 Å². The lowest BCUT2D eigenvalue weighted by molar-refractivity contribution is 0.0868. The molecular formula is C30H42F2O2. The first-order chi connectivity index (χ1) is 16.6. The van der Waals surface area contributed by atoms with Crippen molar-refractivity contribution < 1.29 is 18.3 Å². The van der Waals surface area contributed by atoms with Crippen LogP contribution < -0.4 is 9.47 Å². The molecule has 0 amide bonds. The van der Waals surface area contributed by atoms with E-state index in [0.717, 1.165) is 30.6 Å². The minimum atomic E-state index is -0.962. The summed E-state index contributed by atoms with van der Waals surface area (Å²) in [4.78, 5) is 0. The van der Waals surface area contributed by atoms with Crippen LogP contribution in [-0.2, 0) is 0 Å². The van der Waals surface area contributed by atoms with Crippen LogP contribution in [0.5, 0.6) is 11.5 Å². The van der Waals surface area contributed by atoms with E-state index < -0.39 is 11.6 Å². The van der Waals surface area contributed by atoms with E-state index in [-0.39, 0.29) is 11.5 Å². The zero-order chi connectivity index (χ0) is 23.9. The van der Waals surface area contributed by atoms with Gasteiger partial charge in [-0.3, -0.25) is 0 Å². The van der Waals surface area contributed by atoms with Crippen LogP contribution in [0.3, 0.4) is 0 Å². The highest BCUT2D eigenvalue weighted by Crippen LogP contribution is 2.45. The average molecular weight is 473 g/mol. The van der Waals surface area contributed by atoms with Gasteiger partial charge in [-0.25, -0.2) is 0 Å². The number of hydrogen-bond acceptors (Lipinski definition) is 2. The van der Waals surface area contributed by atoms with Gasteiger partial charge in [-0.1, -0.05) is 31.6 Å². The topological polar surface area (TPSA) is 18.5 Å². The van der Waals surface area contributed by atoms with Gasteiger partial charge in [0.15, 0.2) is 11.5 Å². The lowest BCUT2D eigenvalue weighted by atomic mass is 9.65. The minimum Gasteiger partial charge on any atom is -0.491 e. The monoisotopic (exact) mass is 472 g/mol. The van der Waals surface area contributed by atoms with Crippen molar-refractivity contribution in [3.63, 3.8) is 0 Å². The van der Waals surface area contributed by atoms with Gasteiger partial charge in [0.25, 0.3) is 0 Å². The number of hydrogen-bond donors (Lipinski definition) is 0. The summed E-state index contributed by atoms with van der Waals surface area (Å²) < 4.78 is 39.3. The maximum atomic E-state index is 14.3. The summed E-state index contributed by atoms with van der Waals surface area (Å²) in [6.45, 7) is 4.80. The first-order valence-corrected chi connectivity index (χ1v) is 13.8. The van der Waals surface area contributed by atoms with E-state index in [1.54, 1.807) is 6.92 Å². The van der Waals surface area contributed by atoms with E-state index in [2.05, 4.69) is 18.8 Å². The van der Waals surface area contributed by atoms with Crippen LogP contribution in [-0.4, -0.2) is 13.2 Å². The molecule has 0 aromatic heterocycles. The van der Waals surface area contributed by atoms with Crippen LogP contribution in [0.4, 0.5) is 8.78 Å². The fourth-order valence-corrected chi connectivity index (χ4v) is 6.61. The number of rotatable bonds is 7. The second-order valence-corrected chi connectivity index (χ2v) is 10.9. The Morgan fingerprint density at radius 1 is 0.735 bits per heavy atom. The molecule has 3 aliphatic carbocycles. The summed E-state index contributed by atoms with van der Waals surface area (Å²) in [5.74, 6) is 9.45. The van der Waals surface area contributed by atoms with Gasteiger partial charge >= 0.3 is 0 Å². The lowest BCUT2D eigenvalue weighted by Crippen LogP contribution is -2.32. The van der Waals surface area contributed by atoms with Crippen molar-refractivity contribution >= 4 is 0 Å². The maximum Gasteiger partial charge on any atom is 0.204 e. The Balaban J connectivity index is 1.21. The van der Waals surface area contributed by atoms with Gasteiger partial charge in [-0.2, -0.15) is 8.78 Å². The molecular weight excluding hydrogens is 430 g/mol. The molecule has 3 aliphatic rings. The Morgan fingerprint density at radius 3 is 2.03 bits per heavy atom. The second kappa shape index (κ2) is 12.3. The van der Waals surface area contributed by atoms with Crippen molar-refractivity contribution in [3.8, 4) is 23.3 Å². The molecule has 0 N–H and O–H groups in total. The van der Waals surface area contributed by atoms with Crippen LogP contribution in [0, 0.1) is 59.0 Å². The summed E-state index contributed by atoms with van der Waals surface area (Å²) in [6.07, 6.45) is 15.2. The predicted molar refractivity (Wildman–Crippen MR) is 133 cm³/mol. The minimum absolute atomic E-state index is 0.00853. The molecule has 3 fully saturated rings. The molecule has 4 atom stereocenters. The van der Waals surface area contributed by atoms with E-state index in [4.69, 9.17) is 9.47 Å². The molecule has 0 radical (unpaired) electrons. The van der Waals surface area contributed by atoms with Crippen molar-refractivity contribution in [2.75, 3.05) is 13.2 Å². The summed E-state index contributed by atoms with van der Waals surface area (Å²) in [5.41, 5.74) is 0. The van der Waals surface area contributed by atoms with Gasteiger partial charge in [0.2, 0.25) is 11.6 Å². The van der Waals surface area contributed by atoms with E-state index >= 15 is 0 Å². The average Bonchev–Trinajstić information content (AvgIpc) is 2.86. The predicted octanol–water partition coefficient (Wildman–Crippen LogP) is 8.18. The molecule has 4 rings (SSSR count). The third-order valence-electron chi connectivity index (χ3n) is 8.54. The third kappa shape index (κ3) is 6.46. The summed E-state index contributed by atoms with van der Waals surface area (Å²) in [7, 11) is 0. The van der Waals surface area contributed by atoms with Crippen molar-refractivity contribution in [2.24, 2.45) is 35.5 Å². The van der Waals surface area contributed by atoms with Gasteiger partial charge in [-0.05, 0) is 107 Å². The molecule has 0 aliphatic heterocycles. The Bertz CT molecular complexity index is 849. The molecule has 0 heterocycles. The van der Waals surface area contributed by atoms with Crippen molar-refractivity contribution in [3.05, 3.63) is 23.8 Å². The van der Waals surface area contributed by atoms with Crippen molar-refractivity contribution in [1.29, 1.82) is 0 Å². The van der Waals surface area contributed by atoms with Crippen LogP contribution in [0.2, 0.25) is 0 Å². The molecule has 188 valence electrons. The van der Waals surface area contributed by atoms with Gasteiger partial charge in [0, 0.05) is 11.8 Å². The van der Waals surface area contributed by atoms with Crippen LogP contribution in [0.25, 0.3) is 0 Å².